The predicted octanol–water partition coefficient (Wildman–Crippen LogP) is 0.0766. The number of morpholine rings is 1. The number of carbonyl (C=O) groups is 2. The second-order valence-corrected chi connectivity index (χ2v) is 5.94. The molecule has 0 aromatic heterocycles. The highest BCUT2D eigenvalue weighted by molar-refractivity contribution is 5.88. The van der Waals surface area contributed by atoms with E-state index in [2.05, 4.69) is 19.2 Å². The van der Waals surface area contributed by atoms with Gasteiger partial charge in [-0.3, -0.25) is 4.79 Å². The molecule has 1 amide bonds. The molecule has 6 heteroatoms. The SMILES string of the molecule is CC1(C)CCCNC1C(=O)N1CCOCC1C(=O)O. The van der Waals surface area contributed by atoms with Crippen LogP contribution in [0, 0.1) is 5.41 Å². The molecule has 2 aliphatic heterocycles. The number of nitrogens with zero attached hydrogens (tertiary/aromatic N) is 1. The van der Waals surface area contributed by atoms with Crippen LogP contribution >= 0.6 is 0 Å². The van der Waals surface area contributed by atoms with E-state index in [9.17, 15) is 14.7 Å². The molecule has 2 N–H and O–H groups in total. The summed E-state index contributed by atoms with van der Waals surface area (Å²) >= 11 is 0. The fraction of sp³-hybridized carbons (Fsp3) is 0.846. The molecule has 2 fully saturated rings. The van der Waals surface area contributed by atoms with E-state index in [0.717, 1.165) is 19.4 Å². The van der Waals surface area contributed by atoms with Crippen LogP contribution in [0.2, 0.25) is 0 Å². The van der Waals surface area contributed by atoms with Gasteiger partial charge in [0, 0.05) is 6.54 Å². The van der Waals surface area contributed by atoms with Crippen LogP contribution in [0.3, 0.4) is 0 Å². The van der Waals surface area contributed by atoms with Crippen molar-refractivity contribution < 1.29 is 19.4 Å². The van der Waals surface area contributed by atoms with Crippen molar-refractivity contribution in [2.75, 3.05) is 26.3 Å². The lowest BCUT2D eigenvalue weighted by molar-refractivity contribution is -0.161. The van der Waals surface area contributed by atoms with Gasteiger partial charge in [-0.25, -0.2) is 4.79 Å². The molecule has 19 heavy (non-hydrogen) atoms. The first-order valence-electron chi connectivity index (χ1n) is 6.78. The number of carboxylic acid groups (broad SMARTS) is 1. The Morgan fingerprint density at radius 1 is 1.42 bits per heavy atom. The molecular formula is C13H22N2O4. The predicted molar refractivity (Wildman–Crippen MR) is 68.8 cm³/mol. The van der Waals surface area contributed by atoms with Crippen molar-refractivity contribution in [3.05, 3.63) is 0 Å². The van der Waals surface area contributed by atoms with Crippen LogP contribution in [0.15, 0.2) is 0 Å². The number of carboxylic acids is 1. The van der Waals surface area contributed by atoms with Gasteiger partial charge < -0.3 is 20.1 Å². The lowest BCUT2D eigenvalue weighted by Crippen LogP contribution is -2.62. The van der Waals surface area contributed by atoms with E-state index in [1.54, 1.807) is 0 Å². The number of ether oxygens (including phenoxy) is 1. The Balaban J connectivity index is 2.14. The number of hydrogen-bond donors (Lipinski definition) is 2. The van der Waals surface area contributed by atoms with Crippen molar-refractivity contribution in [1.82, 2.24) is 10.2 Å². The summed E-state index contributed by atoms with van der Waals surface area (Å²) in [5.74, 6) is -1.11. The molecule has 0 aliphatic carbocycles. The second-order valence-electron chi connectivity index (χ2n) is 5.94. The van der Waals surface area contributed by atoms with Gasteiger partial charge in [0.1, 0.15) is 0 Å². The van der Waals surface area contributed by atoms with Crippen molar-refractivity contribution in [2.24, 2.45) is 5.41 Å². The summed E-state index contributed by atoms with van der Waals surface area (Å²) in [7, 11) is 0. The van der Waals surface area contributed by atoms with Crippen LogP contribution in [-0.2, 0) is 14.3 Å². The van der Waals surface area contributed by atoms with E-state index in [-0.39, 0.29) is 24.0 Å². The highest BCUT2D eigenvalue weighted by Gasteiger charge is 2.43. The summed E-state index contributed by atoms with van der Waals surface area (Å²) in [4.78, 5) is 25.3. The van der Waals surface area contributed by atoms with Crippen LogP contribution in [-0.4, -0.2) is 60.3 Å². The number of aliphatic carboxylic acids is 1. The lowest BCUT2D eigenvalue weighted by atomic mass is 9.77. The summed E-state index contributed by atoms with van der Waals surface area (Å²) in [6, 6.07) is -1.16. The van der Waals surface area contributed by atoms with Gasteiger partial charge in [-0.15, -0.1) is 0 Å². The Hall–Kier alpha value is -1.14. The molecule has 0 spiro atoms. The van der Waals surface area contributed by atoms with Crippen molar-refractivity contribution in [3.63, 3.8) is 0 Å². The summed E-state index contributed by atoms with van der Waals surface area (Å²) in [5, 5.41) is 12.4. The van der Waals surface area contributed by atoms with E-state index >= 15 is 0 Å². The van der Waals surface area contributed by atoms with Crippen molar-refractivity contribution in [3.8, 4) is 0 Å². The summed E-state index contributed by atoms with van der Waals surface area (Å²) in [6.45, 7) is 5.75. The zero-order valence-corrected chi connectivity index (χ0v) is 11.5. The monoisotopic (exact) mass is 270 g/mol. The molecule has 2 unspecified atom stereocenters. The maximum Gasteiger partial charge on any atom is 0.328 e. The van der Waals surface area contributed by atoms with Gasteiger partial charge in [0.25, 0.3) is 0 Å². The molecule has 2 heterocycles. The van der Waals surface area contributed by atoms with E-state index in [4.69, 9.17) is 4.74 Å². The maximum absolute atomic E-state index is 12.6. The van der Waals surface area contributed by atoms with Gasteiger partial charge in [0.05, 0.1) is 19.3 Å². The average molecular weight is 270 g/mol. The zero-order chi connectivity index (χ0) is 14.0. The highest BCUT2D eigenvalue weighted by atomic mass is 16.5. The van der Waals surface area contributed by atoms with Crippen molar-refractivity contribution in [2.45, 2.75) is 38.8 Å². The quantitative estimate of drug-likeness (QED) is 0.743. The molecular weight excluding hydrogens is 248 g/mol. The Labute approximate surface area is 113 Å². The van der Waals surface area contributed by atoms with E-state index in [0.29, 0.717) is 13.2 Å². The summed E-state index contributed by atoms with van der Waals surface area (Å²) < 4.78 is 5.17. The minimum absolute atomic E-state index is 0.0776. The van der Waals surface area contributed by atoms with E-state index < -0.39 is 12.0 Å². The minimum atomic E-state index is -0.998. The number of amides is 1. The number of piperidine rings is 1. The summed E-state index contributed by atoms with van der Waals surface area (Å²) in [6.07, 6.45) is 2.01. The molecule has 2 atom stereocenters. The van der Waals surface area contributed by atoms with Crippen LogP contribution in [0.1, 0.15) is 26.7 Å². The molecule has 0 aromatic rings. The molecule has 0 saturated carbocycles. The molecule has 108 valence electrons. The molecule has 6 nitrogen and oxygen atoms in total. The third-order valence-electron chi connectivity index (χ3n) is 4.07. The topological polar surface area (TPSA) is 78.9 Å². The van der Waals surface area contributed by atoms with Crippen LogP contribution < -0.4 is 5.32 Å². The first-order valence-corrected chi connectivity index (χ1v) is 6.78. The molecule has 0 aromatic carbocycles. The van der Waals surface area contributed by atoms with Gasteiger partial charge in [-0.1, -0.05) is 13.8 Å². The molecule has 2 aliphatic rings. The second kappa shape index (κ2) is 5.46. The zero-order valence-electron chi connectivity index (χ0n) is 11.5. The van der Waals surface area contributed by atoms with Crippen molar-refractivity contribution >= 4 is 11.9 Å². The minimum Gasteiger partial charge on any atom is -0.480 e. The standard InChI is InChI=1S/C13H22N2O4/c1-13(2)4-3-5-14-10(13)11(16)15-6-7-19-8-9(15)12(17)18/h9-10,14H,3-8H2,1-2H3,(H,17,18). The molecule has 2 rings (SSSR count). The number of hydrogen-bond acceptors (Lipinski definition) is 4. The van der Waals surface area contributed by atoms with Crippen molar-refractivity contribution in [1.29, 1.82) is 0 Å². The average Bonchev–Trinajstić information content (AvgIpc) is 2.37. The van der Waals surface area contributed by atoms with Crippen LogP contribution in [0.4, 0.5) is 0 Å². The van der Waals surface area contributed by atoms with Gasteiger partial charge in [0.2, 0.25) is 5.91 Å². The van der Waals surface area contributed by atoms with E-state index in [1.807, 2.05) is 0 Å². The Kier molecular flexibility index (Phi) is 4.10. The fourth-order valence-electron chi connectivity index (χ4n) is 2.87. The number of rotatable bonds is 2. The van der Waals surface area contributed by atoms with Gasteiger partial charge >= 0.3 is 5.97 Å². The maximum atomic E-state index is 12.6. The Bertz CT molecular complexity index is 370. The first-order chi connectivity index (χ1) is 8.93. The smallest absolute Gasteiger partial charge is 0.328 e. The van der Waals surface area contributed by atoms with E-state index in [1.165, 1.54) is 4.90 Å². The first kappa shape index (κ1) is 14.3. The Morgan fingerprint density at radius 3 is 2.79 bits per heavy atom. The molecule has 2 saturated heterocycles. The fourth-order valence-corrected chi connectivity index (χ4v) is 2.87. The Morgan fingerprint density at radius 2 is 2.16 bits per heavy atom. The van der Waals surface area contributed by atoms with Gasteiger partial charge in [-0.05, 0) is 24.8 Å². The highest BCUT2D eigenvalue weighted by Crippen LogP contribution is 2.31. The largest absolute Gasteiger partial charge is 0.480 e. The normalized spacial score (nSPS) is 30.9. The summed E-state index contributed by atoms with van der Waals surface area (Å²) in [5.41, 5.74) is -0.142. The third kappa shape index (κ3) is 2.90. The third-order valence-corrected chi connectivity index (χ3v) is 4.07. The number of nitrogens with one attached hydrogen (secondary N) is 1. The number of carbonyl (C=O) groups excluding carboxylic acids is 1. The van der Waals surface area contributed by atoms with Gasteiger partial charge in [-0.2, -0.15) is 0 Å². The molecule has 0 radical (unpaired) electrons. The van der Waals surface area contributed by atoms with Crippen LogP contribution in [0.5, 0.6) is 0 Å². The van der Waals surface area contributed by atoms with Crippen LogP contribution in [0.25, 0.3) is 0 Å². The van der Waals surface area contributed by atoms with Gasteiger partial charge in [0.15, 0.2) is 6.04 Å². The molecule has 0 bridgehead atoms. The lowest BCUT2D eigenvalue weighted by Gasteiger charge is -2.43.